The van der Waals surface area contributed by atoms with Crippen LogP contribution < -0.4 is 0 Å². The summed E-state index contributed by atoms with van der Waals surface area (Å²) in [7, 11) is 1.69. The summed E-state index contributed by atoms with van der Waals surface area (Å²) in [5, 5.41) is 0. The third kappa shape index (κ3) is 2.26. The summed E-state index contributed by atoms with van der Waals surface area (Å²) < 4.78 is 4.91. The summed E-state index contributed by atoms with van der Waals surface area (Å²) in [6.07, 6.45) is 2.97. The second kappa shape index (κ2) is 3.72. The highest BCUT2D eigenvalue weighted by Crippen LogP contribution is 1.97. The molecule has 0 aliphatic heterocycles. The van der Waals surface area contributed by atoms with Crippen molar-refractivity contribution in [3.05, 3.63) is 11.8 Å². The van der Waals surface area contributed by atoms with E-state index < -0.39 is 0 Å². The molecule has 0 amide bonds. The molecule has 42 valence electrons. The highest BCUT2D eigenvalue weighted by Gasteiger charge is 1.82. The molecule has 0 N–H and O–H groups in total. The molecule has 0 aromatic carbocycles. The topological polar surface area (TPSA) is 9.23 Å². The SMILES string of the molecule is C/C=C(\CC)OC. The molecule has 1 nitrogen and oxygen atoms in total. The minimum absolute atomic E-state index is 0.993. The van der Waals surface area contributed by atoms with Gasteiger partial charge in [0.2, 0.25) is 0 Å². The normalized spacial score (nSPS) is 11.6. The molecule has 0 aromatic rings. The lowest BCUT2D eigenvalue weighted by Crippen LogP contribution is -1.80. The van der Waals surface area contributed by atoms with E-state index in [1.54, 1.807) is 7.11 Å². The standard InChI is InChI=1S/C6H12O/c1-4-6(5-2)7-3/h4H,5H2,1-3H3/b6-4+. The van der Waals surface area contributed by atoms with E-state index >= 15 is 0 Å². The van der Waals surface area contributed by atoms with Gasteiger partial charge in [-0.2, -0.15) is 0 Å². The minimum Gasteiger partial charge on any atom is -0.501 e. The number of methoxy groups -OCH3 is 1. The van der Waals surface area contributed by atoms with Gasteiger partial charge in [-0.25, -0.2) is 0 Å². The van der Waals surface area contributed by atoms with Gasteiger partial charge in [0.1, 0.15) is 0 Å². The zero-order valence-corrected chi connectivity index (χ0v) is 5.19. The van der Waals surface area contributed by atoms with Crippen LogP contribution in [0.3, 0.4) is 0 Å². The van der Waals surface area contributed by atoms with Crippen molar-refractivity contribution < 1.29 is 4.74 Å². The van der Waals surface area contributed by atoms with Crippen LogP contribution in [0.2, 0.25) is 0 Å². The van der Waals surface area contributed by atoms with Crippen molar-refractivity contribution in [2.24, 2.45) is 0 Å². The Bertz CT molecular complexity index is 58.6. The molecule has 0 fully saturated rings. The fourth-order valence-electron chi connectivity index (χ4n) is 0.466. The van der Waals surface area contributed by atoms with Crippen molar-refractivity contribution in [3.63, 3.8) is 0 Å². The van der Waals surface area contributed by atoms with Gasteiger partial charge >= 0.3 is 0 Å². The van der Waals surface area contributed by atoms with E-state index in [9.17, 15) is 0 Å². The van der Waals surface area contributed by atoms with Gasteiger partial charge in [0.15, 0.2) is 0 Å². The molecule has 0 spiro atoms. The van der Waals surface area contributed by atoms with E-state index in [0.29, 0.717) is 0 Å². The van der Waals surface area contributed by atoms with Gasteiger partial charge in [-0.15, -0.1) is 0 Å². The van der Waals surface area contributed by atoms with Gasteiger partial charge in [0.25, 0.3) is 0 Å². The number of allylic oxidation sites excluding steroid dienone is 2. The maximum absolute atomic E-state index is 4.91. The van der Waals surface area contributed by atoms with Crippen LogP contribution in [0.5, 0.6) is 0 Å². The summed E-state index contributed by atoms with van der Waals surface area (Å²) in [4.78, 5) is 0. The Balaban J connectivity index is 3.38. The molecule has 0 saturated heterocycles. The van der Waals surface area contributed by atoms with Gasteiger partial charge in [-0.05, 0) is 13.0 Å². The molecule has 0 aliphatic carbocycles. The monoisotopic (exact) mass is 100 g/mol. The lowest BCUT2D eigenvalue weighted by molar-refractivity contribution is 0.280. The van der Waals surface area contributed by atoms with Crippen LogP contribution >= 0.6 is 0 Å². The van der Waals surface area contributed by atoms with E-state index in [-0.39, 0.29) is 0 Å². The first kappa shape index (κ1) is 6.54. The van der Waals surface area contributed by atoms with Gasteiger partial charge in [0.05, 0.1) is 12.9 Å². The molecule has 7 heavy (non-hydrogen) atoms. The Labute approximate surface area is 45.0 Å². The molecule has 1 heteroatoms. The zero-order chi connectivity index (χ0) is 5.70. The molecule has 0 heterocycles. The highest BCUT2D eigenvalue weighted by molar-refractivity contribution is 4.87. The minimum atomic E-state index is 0.993. The molecule has 0 rings (SSSR count). The summed E-state index contributed by atoms with van der Waals surface area (Å²) in [6.45, 7) is 4.04. The maximum atomic E-state index is 4.91. The first-order valence-corrected chi connectivity index (χ1v) is 2.54. The average molecular weight is 100 g/mol. The Morgan fingerprint density at radius 2 is 2.29 bits per heavy atom. The van der Waals surface area contributed by atoms with E-state index in [2.05, 4.69) is 6.92 Å². The largest absolute Gasteiger partial charge is 0.501 e. The summed E-state index contributed by atoms with van der Waals surface area (Å²) in [5.74, 6) is 1.06. The molecule has 0 unspecified atom stereocenters. The average Bonchev–Trinajstić information content (AvgIpc) is 1.72. The summed E-state index contributed by atoms with van der Waals surface area (Å²) in [6, 6.07) is 0. The predicted molar refractivity (Wildman–Crippen MR) is 31.1 cm³/mol. The third-order valence-corrected chi connectivity index (χ3v) is 0.933. The van der Waals surface area contributed by atoms with Crippen molar-refractivity contribution in [2.75, 3.05) is 7.11 Å². The Hall–Kier alpha value is -0.460. The second-order valence-electron chi connectivity index (χ2n) is 1.31. The fraction of sp³-hybridized carbons (Fsp3) is 0.667. The van der Waals surface area contributed by atoms with E-state index in [0.717, 1.165) is 12.2 Å². The maximum Gasteiger partial charge on any atom is 0.0910 e. The molecular weight excluding hydrogens is 88.1 g/mol. The van der Waals surface area contributed by atoms with Gasteiger partial charge in [-0.3, -0.25) is 0 Å². The summed E-state index contributed by atoms with van der Waals surface area (Å²) >= 11 is 0. The fourth-order valence-corrected chi connectivity index (χ4v) is 0.466. The Morgan fingerprint density at radius 1 is 1.71 bits per heavy atom. The number of ether oxygens (including phenoxy) is 1. The second-order valence-corrected chi connectivity index (χ2v) is 1.31. The van der Waals surface area contributed by atoms with Crippen molar-refractivity contribution in [2.45, 2.75) is 20.3 Å². The van der Waals surface area contributed by atoms with Crippen LogP contribution in [-0.2, 0) is 4.74 Å². The quantitative estimate of drug-likeness (QED) is 0.482. The molecule has 0 bridgehead atoms. The molecule has 0 aromatic heterocycles. The first-order valence-electron chi connectivity index (χ1n) is 2.54. The number of rotatable bonds is 2. The molecule has 0 radical (unpaired) electrons. The Kier molecular flexibility index (Phi) is 3.48. The number of hydrogen-bond acceptors (Lipinski definition) is 1. The molecule has 0 aliphatic rings. The summed E-state index contributed by atoms with van der Waals surface area (Å²) in [5.41, 5.74) is 0. The lowest BCUT2D eigenvalue weighted by Gasteiger charge is -1.97. The van der Waals surface area contributed by atoms with Crippen LogP contribution in [0.4, 0.5) is 0 Å². The van der Waals surface area contributed by atoms with Crippen LogP contribution in [0.25, 0.3) is 0 Å². The smallest absolute Gasteiger partial charge is 0.0910 e. The van der Waals surface area contributed by atoms with E-state index in [4.69, 9.17) is 4.74 Å². The third-order valence-electron chi connectivity index (χ3n) is 0.933. The van der Waals surface area contributed by atoms with Gasteiger partial charge in [-0.1, -0.05) is 6.92 Å². The predicted octanol–water partition coefficient (Wildman–Crippen LogP) is 1.95. The van der Waals surface area contributed by atoms with Crippen LogP contribution in [0.15, 0.2) is 11.8 Å². The molecule has 0 atom stereocenters. The zero-order valence-electron chi connectivity index (χ0n) is 5.19. The van der Waals surface area contributed by atoms with Crippen LogP contribution in [0, 0.1) is 0 Å². The number of hydrogen-bond donors (Lipinski definition) is 0. The van der Waals surface area contributed by atoms with E-state index in [1.807, 2.05) is 13.0 Å². The van der Waals surface area contributed by atoms with Crippen LogP contribution in [-0.4, -0.2) is 7.11 Å². The van der Waals surface area contributed by atoms with Crippen molar-refractivity contribution in [1.82, 2.24) is 0 Å². The lowest BCUT2D eigenvalue weighted by atomic mass is 10.4. The van der Waals surface area contributed by atoms with Crippen molar-refractivity contribution in [1.29, 1.82) is 0 Å². The van der Waals surface area contributed by atoms with Gasteiger partial charge in [0, 0.05) is 6.42 Å². The molecule has 0 saturated carbocycles. The Morgan fingerprint density at radius 3 is 2.29 bits per heavy atom. The van der Waals surface area contributed by atoms with Crippen molar-refractivity contribution in [3.8, 4) is 0 Å². The van der Waals surface area contributed by atoms with Crippen LogP contribution in [0.1, 0.15) is 20.3 Å². The van der Waals surface area contributed by atoms with Crippen molar-refractivity contribution >= 4 is 0 Å². The first-order chi connectivity index (χ1) is 3.35. The van der Waals surface area contributed by atoms with E-state index in [1.165, 1.54) is 0 Å². The highest BCUT2D eigenvalue weighted by atomic mass is 16.5. The van der Waals surface area contributed by atoms with Gasteiger partial charge < -0.3 is 4.74 Å². The molecular formula is C6H12O.